The van der Waals surface area contributed by atoms with E-state index in [1.54, 1.807) is 11.3 Å². The van der Waals surface area contributed by atoms with Crippen LogP contribution in [0.5, 0.6) is 0 Å². The van der Waals surface area contributed by atoms with Gasteiger partial charge in [0.1, 0.15) is 0 Å². The Morgan fingerprint density at radius 1 is 1.24 bits per heavy atom. The van der Waals surface area contributed by atoms with E-state index in [0.29, 0.717) is 5.02 Å². The van der Waals surface area contributed by atoms with E-state index in [9.17, 15) is 0 Å². The minimum atomic E-state index is -0.601. The van der Waals surface area contributed by atoms with Gasteiger partial charge in [0.15, 0.2) is 0 Å². The normalized spacial score (nSPS) is 14.6. The Morgan fingerprint density at radius 2 is 1.94 bits per heavy atom. The lowest BCUT2D eigenvalue weighted by molar-refractivity contribution is 0.603. The third-order valence-electron chi connectivity index (χ3n) is 2.66. The van der Waals surface area contributed by atoms with Gasteiger partial charge in [0.25, 0.3) is 0 Å². The van der Waals surface area contributed by atoms with Gasteiger partial charge in [-0.05, 0) is 45.9 Å². The van der Waals surface area contributed by atoms with Gasteiger partial charge in [0.05, 0.1) is 5.54 Å². The van der Waals surface area contributed by atoms with Crippen molar-refractivity contribution in [3.63, 3.8) is 0 Å². The van der Waals surface area contributed by atoms with Crippen molar-refractivity contribution in [3.8, 4) is 0 Å². The van der Waals surface area contributed by atoms with Crippen LogP contribution >= 0.6 is 54.8 Å². The molecule has 0 amide bonds. The van der Waals surface area contributed by atoms with Gasteiger partial charge in [-0.1, -0.05) is 33.6 Å². The maximum absolute atomic E-state index is 6.43. The van der Waals surface area contributed by atoms with E-state index >= 15 is 0 Å². The van der Waals surface area contributed by atoms with Crippen LogP contribution < -0.4 is 5.73 Å². The molecular formula is C12H10Br2ClNS. The second-order valence-corrected chi connectivity index (χ2v) is 6.88. The van der Waals surface area contributed by atoms with Crippen LogP contribution in [0.2, 0.25) is 5.02 Å². The second-order valence-electron chi connectivity index (χ2n) is 3.96. The van der Waals surface area contributed by atoms with Gasteiger partial charge < -0.3 is 5.73 Å². The van der Waals surface area contributed by atoms with E-state index in [-0.39, 0.29) is 0 Å². The zero-order valence-electron chi connectivity index (χ0n) is 9.01. The Morgan fingerprint density at radius 3 is 2.47 bits per heavy atom. The largest absolute Gasteiger partial charge is 0.318 e. The minimum Gasteiger partial charge on any atom is -0.318 e. The molecule has 0 spiro atoms. The molecule has 2 N–H and O–H groups in total. The summed E-state index contributed by atoms with van der Waals surface area (Å²) in [6.07, 6.45) is 0. The zero-order valence-corrected chi connectivity index (χ0v) is 13.8. The molecule has 0 radical (unpaired) electrons. The highest BCUT2D eigenvalue weighted by Gasteiger charge is 2.28. The summed E-state index contributed by atoms with van der Waals surface area (Å²) < 4.78 is 1.97. The zero-order chi connectivity index (χ0) is 12.6. The van der Waals surface area contributed by atoms with Crippen LogP contribution in [0.4, 0.5) is 0 Å². The molecule has 0 saturated carbocycles. The van der Waals surface area contributed by atoms with Gasteiger partial charge in [0.2, 0.25) is 0 Å². The van der Waals surface area contributed by atoms with Crippen LogP contribution in [-0.4, -0.2) is 0 Å². The van der Waals surface area contributed by atoms with Crippen LogP contribution in [0.1, 0.15) is 18.1 Å². The summed E-state index contributed by atoms with van der Waals surface area (Å²) in [5.74, 6) is 0. The number of thiophene rings is 1. The second kappa shape index (κ2) is 5.02. The van der Waals surface area contributed by atoms with Crippen molar-refractivity contribution in [2.24, 2.45) is 5.73 Å². The molecule has 1 heterocycles. The van der Waals surface area contributed by atoms with Crippen molar-refractivity contribution in [1.82, 2.24) is 0 Å². The van der Waals surface area contributed by atoms with Gasteiger partial charge in [0, 0.05) is 24.9 Å². The highest BCUT2D eigenvalue weighted by molar-refractivity contribution is 9.10. The molecule has 1 unspecified atom stereocenters. The molecule has 1 aromatic carbocycles. The lowest BCUT2D eigenvalue weighted by Crippen LogP contribution is -2.34. The Labute approximate surface area is 126 Å². The first-order valence-corrected chi connectivity index (χ1v) is 7.80. The third kappa shape index (κ3) is 2.61. The monoisotopic (exact) mass is 393 g/mol. The molecule has 2 aromatic rings. The fraction of sp³-hybridized carbons (Fsp3) is 0.167. The first-order valence-electron chi connectivity index (χ1n) is 4.89. The van der Waals surface area contributed by atoms with Crippen LogP contribution in [0, 0.1) is 0 Å². The number of hydrogen-bond acceptors (Lipinski definition) is 2. The van der Waals surface area contributed by atoms with Crippen molar-refractivity contribution in [2.75, 3.05) is 0 Å². The van der Waals surface area contributed by atoms with Gasteiger partial charge in [-0.25, -0.2) is 0 Å². The number of nitrogens with two attached hydrogens (primary N) is 1. The number of benzene rings is 1. The van der Waals surface area contributed by atoms with Crippen molar-refractivity contribution in [1.29, 1.82) is 0 Å². The predicted molar refractivity (Wildman–Crippen MR) is 81.8 cm³/mol. The molecule has 0 aliphatic heterocycles. The summed E-state index contributed by atoms with van der Waals surface area (Å²) in [6.45, 7) is 1.97. The molecule has 5 heteroatoms. The van der Waals surface area contributed by atoms with E-state index < -0.39 is 5.54 Å². The van der Waals surface area contributed by atoms with Crippen LogP contribution in [0.15, 0.2) is 37.9 Å². The van der Waals surface area contributed by atoms with Crippen molar-refractivity contribution in [3.05, 3.63) is 54.1 Å². The number of rotatable bonds is 2. The number of hydrogen-bond donors (Lipinski definition) is 1. The van der Waals surface area contributed by atoms with Gasteiger partial charge >= 0.3 is 0 Å². The Kier molecular flexibility index (Phi) is 4.00. The summed E-state index contributed by atoms with van der Waals surface area (Å²) in [5, 5.41) is 4.73. The average Bonchev–Trinajstić information content (AvgIpc) is 2.64. The Balaban J connectivity index is 2.55. The van der Waals surface area contributed by atoms with E-state index in [1.807, 2.05) is 35.9 Å². The summed E-state index contributed by atoms with van der Waals surface area (Å²) in [6, 6.07) is 5.77. The molecule has 2 rings (SSSR count). The summed E-state index contributed by atoms with van der Waals surface area (Å²) in [5.41, 5.74) is 7.80. The maximum atomic E-state index is 6.43. The molecule has 0 saturated heterocycles. The SMILES string of the molecule is CC(N)(c1ccc(Br)cc1Cl)c1cscc1Br. The van der Waals surface area contributed by atoms with Gasteiger partial charge in [-0.15, -0.1) is 0 Å². The van der Waals surface area contributed by atoms with Crippen LogP contribution in [0.3, 0.4) is 0 Å². The van der Waals surface area contributed by atoms with Crippen LogP contribution in [-0.2, 0) is 5.54 Å². The Bertz CT molecular complexity index is 551. The van der Waals surface area contributed by atoms with Crippen molar-refractivity contribution in [2.45, 2.75) is 12.5 Å². The van der Waals surface area contributed by atoms with E-state index in [1.165, 1.54) is 0 Å². The summed E-state index contributed by atoms with van der Waals surface area (Å²) in [4.78, 5) is 0. The topological polar surface area (TPSA) is 26.0 Å². The van der Waals surface area contributed by atoms with Crippen molar-refractivity contribution < 1.29 is 0 Å². The third-order valence-corrected chi connectivity index (χ3v) is 5.17. The standard InChI is InChI=1S/C12H10Br2ClNS/c1-12(16,9-5-17-6-10(9)14)8-3-2-7(13)4-11(8)15/h2-6H,16H2,1H3. The van der Waals surface area contributed by atoms with E-state index in [4.69, 9.17) is 17.3 Å². The molecule has 0 aliphatic rings. The van der Waals surface area contributed by atoms with E-state index in [2.05, 4.69) is 31.9 Å². The smallest absolute Gasteiger partial charge is 0.0670 e. The highest BCUT2D eigenvalue weighted by Crippen LogP contribution is 2.38. The Hall–Kier alpha value is 0.130. The minimum absolute atomic E-state index is 0.601. The first-order chi connectivity index (χ1) is 7.93. The summed E-state index contributed by atoms with van der Waals surface area (Å²) >= 11 is 14.8. The molecule has 1 atom stereocenters. The lowest BCUT2D eigenvalue weighted by atomic mass is 9.87. The fourth-order valence-electron chi connectivity index (χ4n) is 1.71. The molecule has 1 nitrogen and oxygen atoms in total. The summed E-state index contributed by atoms with van der Waals surface area (Å²) in [7, 11) is 0. The highest BCUT2D eigenvalue weighted by atomic mass is 79.9. The lowest BCUT2D eigenvalue weighted by Gasteiger charge is -2.26. The molecular weight excluding hydrogens is 385 g/mol. The molecule has 17 heavy (non-hydrogen) atoms. The maximum Gasteiger partial charge on any atom is 0.0670 e. The molecule has 0 fully saturated rings. The first kappa shape index (κ1) is 13.6. The van der Waals surface area contributed by atoms with Crippen molar-refractivity contribution >= 4 is 54.8 Å². The molecule has 90 valence electrons. The quantitative estimate of drug-likeness (QED) is 0.748. The molecule has 0 aliphatic carbocycles. The predicted octanol–water partition coefficient (Wildman–Crippen LogP) is 5.15. The molecule has 1 aromatic heterocycles. The fourth-order valence-corrected chi connectivity index (χ4v) is 4.40. The van der Waals surface area contributed by atoms with Crippen LogP contribution in [0.25, 0.3) is 0 Å². The number of halogens is 3. The van der Waals surface area contributed by atoms with Gasteiger partial charge in [-0.2, -0.15) is 11.3 Å². The molecule has 0 bridgehead atoms. The van der Waals surface area contributed by atoms with Gasteiger partial charge in [-0.3, -0.25) is 0 Å². The van der Waals surface area contributed by atoms with E-state index in [0.717, 1.165) is 20.1 Å². The average molecular weight is 396 g/mol.